The molecule has 2 heterocycles. The molecule has 26 heavy (non-hydrogen) atoms. The van der Waals surface area contributed by atoms with Crippen molar-refractivity contribution in [3.05, 3.63) is 53.1 Å². The van der Waals surface area contributed by atoms with Crippen molar-refractivity contribution in [1.29, 1.82) is 5.26 Å². The second-order valence-corrected chi connectivity index (χ2v) is 6.67. The van der Waals surface area contributed by atoms with Crippen LogP contribution in [-0.4, -0.2) is 38.9 Å². The lowest BCUT2D eigenvalue weighted by molar-refractivity contribution is 0.0638. The highest BCUT2D eigenvalue weighted by atomic mass is 16.2. The Balaban J connectivity index is 1.84. The van der Waals surface area contributed by atoms with E-state index in [2.05, 4.69) is 16.4 Å². The van der Waals surface area contributed by atoms with Gasteiger partial charge in [-0.2, -0.15) is 5.26 Å². The molecule has 1 aromatic carbocycles. The van der Waals surface area contributed by atoms with Crippen molar-refractivity contribution in [2.24, 2.45) is 0 Å². The maximum Gasteiger partial charge on any atom is 0.271 e. The first-order valence-corrected chi connectivity index (χ1v) is 8.59. The van der Waals surface area contributed by atoms with E-state index in [1.165, 1.54) is 0 Å². The van der Waals surface area contributed by atoms with Gasteiger partial charge in [0, 0.05) is 30.9 Å². The Morgan fingerprint density at radius 3 is 2.81 bits per heavy atom. The topological polar surface area (TPSA) is 91.0 Å². The summed E-state index contributed by atoms with van der Waals surface area (Å²) in [6, 6.07) is 8.50. The van der Waals surface area contributed by atoms with Crippen LogP contribution in [-0.2, 0) is 6.54 Å². The van der Waals surface area contributed by atoms with Crippen molar-refractivity contribution in [1.82, 2.24) is 19.8 Å². The van der Waals surface area contributed by atoms with E-state index in [4.69, 9.17) is 5.26 Å². The Hall–Kier alpha value is -3.14. The number of nitrogens with zero attached hydrogens (tertiary/aromatic N) is 4. The number of fused-ring (bicyclic) bond motifs is 1. The molecule has 1 atom stereocenters. The van der Waals surface area contributed by atoms with Gasteiger partial charge in [0.1, 0.15) is 11.5 Å². The van der Waals surface area contributed by atoms with E-state index in [9.17, 15) is 9.59 Å². The molecule has 0 radical (unpaired) electrons. The maximum atomic E-state index is 12.9. The zero-order valence-corrected chi connectivity index (χ0v) is 15.1. The van der Waals surface area contributed by atoms with E-state index in [1.54, 1.807) is 35.4 Å². The summed E-state index contributed by atoms with van der Waals surface area (Å²) >= 11 is 0. The fourth-order valence-electron chi connectivity index (χ4n) is 3.10. The Morgan fingerprint density at radius 1 is 1.35 bits per heavy atom. The maximum absolute atomic E-state index is 12.9. The second-order valence-electron chi connectivity index (χ2n) is 6.67. The third-order valence-electron chi connectivity index (χ3n) is 4.38. The first kappa shape index (κ1) is 17.7. The van der Waals surface area contributed by atoms with E-state index in [0.717, 1.165) is 0 Å². The van der Waals surface area contributed by atoms with Crippen molar-refractivity contribution in [2.75, 3.05) is 6.54 Å². The summed E-state index contributed by atoms with van der Waals surface area (Å²) in [5.74, 6) is 0.334. The number of hydrogen-bond donors (Lipinski definition) is 1. The zero-order chi connectivity index (χ0) is 18.8. The van der Waals surface area contributed by atoms with Crippen molar-refractivity contribution >= 4 is 11.8 Å². The molecule has 1 N–H and O–H groups in total. The van der Waals surface area contributed by atoms with Gasteiger partial charge >= 0.3 is 0 Å². The highest BCUT2D eigenvalue weighted by Crippen LogP contribution is 2.26. The van der Waals surface area contributed by atoms with E-state index >= 15 is 0 Å². The van der Waals surface area contributed by atoms with Crippen LogP contribution in [0.5, 0.6) is 0 Å². The number of nitrogens with one attached hydrogen (secondary N) is 1. The number of rotatable bonds is 3. The first-order chi connectivity index (χ1) is 12.4. The molecule has 2 amide bonds. The van der Waals surface area contributed by atoms with Crippen LogP contribution >= 0.6 is 0 Å². The summed E-state index contributed by atoms with van der Waals surface area (Å²) in [7, 11) is 0. The number of imidazole rings is 1. The highest BCUT2D eigenvalue weighted by Gasteiger charge is 2.31. The summed E-state index contributed by atoms with van der Waals surface area (Å²) in [6.07, 6.45) is 1.74. The van der Waals surface area contributed by atoms with Gasteiger partial charge in [-0.25, -0.2) is 4.98 Å². The van der Waals surface area contributed by atoms with Crippen LogP contribution in [0.3, 0.4) is 0 Å². The van der Waals surface area contributed by atoms with Crippen LogP contribution < -0.4 is 5.32 Å². The number of hydrogen-bond acceptors (Lipinski definition) is 4. The molecule has 1 aromatic heterocycles. The Kier molecular flexibility index (Phi) is 4.76. The van der Waals surface area contributed by atoms with Gasteiger partial charge in [-0.3, -0.25) is 9.59 Å². The SMILES string of the molecule is CC(C)NC(=O)c1cn2c(n1)[C@H](C)N(C(=O)c1cccc(C#N)c1)CC2. The van der Waals surface area contributed by atoms with Gasteiger partial charge in [-0.15, -0.1) is 0 Å². The smallest absolute Gasteiger partial charge is 0.271 e. The monoisotopic (exact) mass is 351 g/mol. The van der Waals surface area contributed by atoms with E-state index in [-0.39, 0.29) is 23.9 Å². The Bertz CT molecular complexity index is 894. The lowest BCUT2D eigenvalue weighted by Crippen LogP contribution is -2.41. The van der Waals surface area contributed by atoms with Gasteiger partial charge in [0.15, 0.2) is 0 Å². The molecule has 0 saturated heterocycles. The van der Waals surface area contributed by atoms with Gasteiger partial charge in [-0.05, 0) is 39.0 Å². The minimum Gasteiger partial charge on any atom is -0.348 e. The fraction of sp³-hybridized carbons (Fsp3) is 0.368. The van der Waals surface area contributed by atoms with Gasteiger partial charge in [0.2, 0.25) is 0 Å². The molecule has 0 aliphatic carbocycles. The summed E-state index contributed by atoms with van der Waals surface area (Å²) in [5.41, 5.74) is 1.30. The molecule has 7 heteroatoms. The molecule has 0 unspecified atom stereocenters. The van der Waals surface area contributed by atoms with E-state index in [0.29, 0.717) is 35.7 Å². The fourth-order valence-corrected chi connectivity index (χ4v) is 3.10. The molecular formula is C19H21N5O2. The standard InChI is InChI=1S/C19H21N5O2/c1-12(2)21-18(25)16-11-23-7-8-24(13(3)17(23)22-16)19(26)15-6-4-5-14(9-15)10-20/h4-6,9,11-13H,7-8H2,1-3H3,(H,21,25)/t13-/m0/s1. The highest BCUT2D eigenvalue weighted by molar-refractivity contribution is 5.95. The number of aromatic nitrogens is 2. The van der Waals surface area contributed by atoms with Crippen molar-refractivity contribution in [2.45, 2.75) is 39.4 Å². The van der Waals surface area contributed by atoms with Crippen LogP contribution in [0.25, 0.3) is 0 Å². The third-order valence-corrected chi connectivity index (χ3v) is 4.38. The first-order valence-electron chi connectivity index (χ1n) is 8.59. The number of carbonyl (C=O) groups excluding carboxylic acids is 2. The quantitative estimate of drug-likeness (QED) is 0.917. The van der Waals surface area contributed by atoms with Crippen molar-refractivity contribution < 1.29 is 9.59 Å². The van der Waals surface area contributed by atoms with Gasteiger partial charge in [0.25, 0.3) is 11.8 Å². The number of nitriles is 1. The summed E-state index contributed by atoms with van der Waals surface area (Å²) in [6.45, 7) is 6.78. The van der Waals surface area contributed by atoms with Crippen molar-refractivity contribution in [3.63, 3.8) is 0 Å². The van der Waals surface area contributed by atoms with Crippen molar-refractivity contribution in [3.8, 4) is 6.07 Å². The molecule has 3 rings (SSSR count). The third kappa shape index (κ3) is 3.31. The average molecular weight is 351 g/mol. The van der Waals surface area contributed by atoms with Gasteiger partial charge in [0.05, 0.1) is 17.7 Å². The molecular weight excluding hydrogens is 330 g/mol. The summed E-state index contributed by atoms with van der Waals surface area (Å²) < 4.78 is 1.93. The lowest BCUT2D eigenvalue weighted by Gasteiger charge is -2.33. The number of benzene rings is 1. The molecule has 0 bridgehead atoms. The number of amides is 2. The van der Waals surface area contributed by atoms with E-state index < -0.39 is 0 Å². The minimum absolute atomic E-state index is 0.0316. The molecule has 0 spiro atoms. The Labute approximate surface area is 152 Å². The second kappa shape index (κ2) is 7.00. The predicted octanol–water partition coefficient (Wildman–Crippen LogP) is 2.11. The molecule has 7 nitrogen and oxygen atoms in total. The molecule has 1 aliphatic heterocycles. The Morgan fingerprint density at radius 2 is 2.12 bits per heavy atom. The normalized spacial score (nSPS) is 16.1. The van der Waals surface area contributed by atoms with Crippen LogP contribution in [0.15, 0.2) is 30.5 Å². The van der Waals surface area contributed by atoms with Gasteiger partial charge in [-0.1, -0.05) is 6.07 Å². The lowest BCUT2D eigenvalue weighted by atomic mass is 10.1. The minimum atomic E-state index is -0.261. The molecule has 0 saturated carbocycles. The summed E-state index contributed by atoms with van der Waals surface area (Å²) in [5, 5.41) is 11.9. The number of carbonyl (C=O) groups is 2. The predicted molar refractivity (Wildman–Crippen MR) is 95.4 cm³/mol. The molecule has 134 valence electrons. The largest absolute Gasteiger partial charge is 0.348 e. The van der Waals surface area contributed by atoms with Gasteiger partial charge < -0.3 is 14.8 Å². The van der Waals surface area contributed by atoms with Crippen LogP contribution in [0.1, 0.15) is 59.0 Å². The van der Waals surface area contributed by atoms with Crippen LogP contribution in [0.4, 0.5) is 0 Å². The van der Waals surface area contributed by atoms with Crippen LogP contribution in [0, 0.1) is 11.3 Å². The molecule has 0 fully saturated rings. The van der Waals surface area contributed by atoms with E-state index in [1.807, 2.05) is 25.3 Å². The molecule has 2 aromatic rings. The van der Waals surface area contributed by atoms with Crippen LogP contribution in [0.2, 0.25) is 0 Å². The zero-order valence-electron chi connectivity index (χ0n) is 15.1. The summed E-state index contributed by atoms with van der Waals surface area (Å²) in [4.78, 5) is 31.2. The molecule has 1 aliphatic rings. The average Bonchev–Trinajstić information content (AvgIpc) is 3.06.